The van der Waals surface area contributed by atoms with Crippen LogP contribution in [-0.2, 0) is 4.74 Å². The molecular weight excluding hydrogens is 232 g/mol. The Balaban J connectivity index is 1.78. The first-order valence-corrected chi connectivity index (χ1v) is 6.20. The molecule has 0 aromatic heterocycles. The molecule has 1 aromatic rings. The molecule has 2 atom stereocenters. The maximum absolute atomic E-state index is 11.0. The van der Waals surface area contributed by atoms with Crippen LogP contribution < -0.4 is 10.2 Å². The van der Waals surface area contributed by atoms with Crippen LogP contribution in [0.25, 0.3) is 0 Å². The van der Waals surface area contributed by atoms with Crippen LogP contribution in [-0.4, -0.2) is 36.9 Å². The average Bonchev–Trinajstić information content (AvgIpc) is 2.79. The van der Waals surface area contributed by atoms with E-state index in [1.54, 1.807) is 0 Å². The summed E-state index contributed by atoms with van der Waals surface area (Å²) in [6.07, 6.45) is -0.127. The van der Waals surface area contributed by atoms with Crippen LogP contribution in [0.3, 0.4) is 0 Å². The van der Waals surface area contributed by atoms with Gasteiger partial charge in [-0.25, -0.2) is 4.79 Å². The number of alkyl carbamates (subject to hydrolysis) is 1. The van der Waals surface area contributed by atoms with Crippen molar-refractivity contribution >= 4 is 11.8 Å². The summed E-state index contributed by atoms with van der Waals surface area (Å²) in [7, 11) is 0. The Hall–Kier alpha value is -1.75. The van der Waals surface area contributed by atoms with Crippen molar-refractivity contribution in [2.75, 3.05) is 24.5 Å². The van der Waals surface area contributed by atoms with Gasteiger partial charge in [0, 0.05) is 17.8 Å². The molecule has 5 heteroatoms. The highest BCUT2D eigenvalue weighted by Crippen LogP contribution is 2.33. The van der Waals surface area contributed by atoms with E-state index in [9.17, 15) is 9.90 Å². The molecule has 1 amide bonds. The largest absolute Gasteiger partial charge is 0.442 e. The number of carbonyl (C=O) groups excluding carboxylic acids is 1. The summed E-state index contributed by atoms with van der Waals surface area (Å²) in [6, 6.07) is 7.85. The summed E-state index contributed by atoms with van der Waals surface area (Å²) in [5.41, 5.74) is 2.00. The number of aliphatic hydroxyl groups is 1. The van der Waals surface area contributed by atoms with Gasteiger partial charge < -0.3 is 20.1 Å². The van der Waals surface area contributed by atoms with E-state index in [1.165, 1.54) is 0 Å². The highest BCUT2D eigenvalue weighted by atomic mass is 16.6. The third kappa shape index (κ3) is 2.01. The molecule has 1 fully saturated rings. The molecule has 0 radical (unpaired) electrons. The van der Waals surface area contributed by atoms with Gasteiger partial charge in [-0.2, -0.15) is 0 Å². The first-order chi connectivity index (χ1) is 8.74. The standard InChI is InChI=1S/C13H16N2O3/c16-12-5-6-15(8-9-7-14-13(17)18-9)11-4-2-1-3-10(11)12/h1-4,9,12,16H,5-8H2,(H,14,17). The number of amides is 1. The minimum Gasteiger partial charge on any atom is -0.442 e. The van der Waals surface area contributed by atoms with E-state index in [-0.39, 0.29) is 18.3 Å². The summed E-state index contributed by atoms with van der Waals surface area (Å²) in [6.45, 7) is 2.01. The van der Waals surface area contributed by atoms with Crippen molar-refractivity contribution in [3.63, 3.8) is 0 Å². The minimum absolute atomic E-state index is 0.110. The summed E-state index contributed by atoms with van der Waals surface area (Å²) in [4.78, 5) is 13.2. The molecule has 2 N–H and O–H groups in total. The zero-order valence-corrected chi connectivity index (χ0v) is 10.0. The fourth-order valence-electron chi connectivity index (χ4n) is 2.58. The van der Waals surface area contributed by atoms with Gasteiger partial charge >= 0.3 is 6.09 Å². The molecule has 1 saturated heterocycles. The Bertz CT molecular complexity index is 463. The first-order valence-electron chi connectivity index (χ1n) is 6.20. The van der Waals surface area contributed by atoms with Gasteiger partial charge in [0.15, 0.2) is 0 Å². The van der Waals surface area contributed by atoms with Crippen LogP contribution in [0.15, 0.2) is 24.3 Å². The van der Waals surface area contributed by atoms with Crippen molar-refractivity contribution in [3.05, 3.63) is 29.8 Å². The molecular formula is C13H16N2O3. The van der Waals surface area contributed by atoms with Gasteiger partial charge in [-0.1, -0.05) is 18.2 Å². The summed E-state index contributed by atoms with van der Waals surface area (Å²) in [5.74, 6) is 0. The van der Waals surface area contributed by atoms with E-state index < -0.39 is 0 Å². The quantitative estimate of drug-likeness (QED) is 0.821. The normalized spacial score (nSPS) is 26.5. The fraction of sp³-hybridized carbons (Fsp3) is 0.462. The maximum Gasteiger partial charge on any atom is 0.407 e. The van der Waals surface area contributed by atoms with Crippen molar-refractivity contribution in [2.45, 2.75) is 18.6 Å². The van der Waals surface area contributed by atoms with Crippen LogP contribution in [0.1, 0.15) is 18.1 Å². The van der Waals surface area contributed by atoms with E-state index >= 15 is 0 Å². The first kappa shape index (κ1) is 11.3. The number of nitrogens with zero attached hydrogens (tertiary/aromatic N) is 1. The SMILES string of the molecule is O=C1NCC(CN2CCC(O)c3ccccc32)O1. The Morgan fingerprint density at radius 1 is 1.44 bits per heavy atom. The minimum atomic E-state index is -0.387. The van der Waals surface area contributed by atoms with Crippen LogP contribution in [0, 0.1) is 0 Å². The molecule has 0 bridgehead atoms. The summed E-state index contributed by atoms with van der Waals surface area (Å²) >= 11 is 0. The second-order valence-corrected chi connectivity index (χ2v) is 4.72. The zero-order valence-electron chi connectivity index (χ0n) is 10.0. The van der Waals surface area contributed by atoms with Crippen LogP contribution in [0.2, 0.25) is 0 Å². The van der Waals surface area contributed by atoms with Crippen molar-refractivity contribution in [2.24, 2.45) is 0 Å². The molecule has 96 valence electrons. The topological polar surface area (TPSA) is 61.8 Å². The van der Waals surface area contributed by atoms with Gasteiger partial charge in [0.2, 0.25) is 0 Å². The molecule has 18 heavy (non-hydrogen) atoms. The number of nitrogens with one attached hydrogen (secondary N) is 1. The number of anilines is 1. The van der Waals surface area contributed by atoms with Gasteiger partial charge in [-0.3, -0.25) is 0 Å². The molecule has 2 aliphatic heterocycles. The van der Waals surface area contributed by atoms with Gasteiger partial charge in [0.25, 0.3) is 0 Å². The van der Waals surface area contributed by atoms with E-state index in [4.69, 9.17) is 4.74 Å². The van der Waals surface area contributed by atoms with Crippen LogP contribution >= 0.6 is 0 Å². The smallest absolute Gasteiger partial charge is 0.407 e. The average molecular weight is 248 g/mol. The van der Waals surface area contributed by atoms with Crippen LogP contribution in [0.5, 0.6) is 0 Å². The second kappa shape index (κ2) is 4.49. The van der Waals surface area contributed by atoms with Crippen molar-refractivity contribution in [3.8, 4) is 0 Å². The lowest BCUT2D eigenvalue weighted by Crippen LogP contribution is -2.38. The highest BCUT2D eigenvalue weighted by molar-refractivity contribution is 5.69. The molecule has 1 aromatic carbocycles. The third-order valence-corrected chi connectivity index (χ3v) is 3.48. The second-order valence-electron chi connectivity index (χ2n) is 4.72. The zero-order chi connectivity index (χ0) is 12.5. The Morgan fingerprint density at radius 2 is 2.28 bits per heavy atom. The van der Waals surface area contributed by atoms with Gasteiger partial charge in [0.1, 0.15) is 6.10 Å². The number of ether oxygens (including phenoxy) is 1. The lowest BCUT2D eigenvalue weighted by Gasteiger charge is -2.34. The number of carbonyl (C=O) groups is 1. The predicted octanol–water partition coefficient (Wildman–Crippen LogP) is 1.04. The highest BCUT2D eigenvalue weighted by Gasteiger charge is 2.29. The Labute approximate surface area is 105 Å². The lowest BCUT2D eigenvalue weighted by atomic mass is 9.98. The Morgan fingerprint density at radius 3 is 3.06 bits per heavy atom. The molecule has 2 unspecified atom stereocenters. The summed E-state index contributed by atoms with van der Waals surface area (Å²) in [5, 5.41) is 12.6. The van der Waals surface area contributed by atoms with Gasteiger partial charge in [-0.15, -0.1) is 0 Å². The summed E-state index contributed by atoms with van der Waals surface area (Å²) < 4.78 is 5.15. The van der Waals surface area contributed by atoms with Crippen molar-refractivity contribution < 1.29 is 14.6 Å². The number of hydrogen-bond donors (Lipinski definition) is 2. The number of para-hydroxylation sites is 1. The number of fused-ring (bicyclic) bond motifs is 1. The van der Waals surface area contributed by atoms with E-state index in [0.29, 0.717) is 19.5 Å². The fourth-order valence-corrected chi connectivity index (χ4v) is 2.58. The molecule has 3 rings (SSSR count). The molecule has 2 aliphatic rings. The van der Waals surface area contributed by atoms with Crippen molar-refractivity contribution in [1.29, 1.82) is 0 Å². The molecule has 0 aliphatic carbocycles. The van der Waals surface area contributed by atoms with E-state index in [0.717, 1.165) is 17.8 Å². The van der Waals surface area contributed by atoms with Crippen LogP contribution in [0.4, 0.5) is 10.5 Å². The molecule has 2 heterocycles. The number of rotatable bonds is 2. The van der Waals surface area contributed by atoms with Gasteiger partial charge in [0.05, 0.1) is 19.2 Å². The van der Waals surface area contributed by atoms with Gasteiger partial charge in [-0.05, 0) is 12.5 Å². The maximum atomic E-state index is 11.0. The number of hydrogen-bond acceptors (Lipinski definition) is 4. The monoisotopic (exact) mass is 248 g/mol. The molecule has 0 saturated carbocycles. The third-order valence-electron chi connectivity index (χ3n) is 3.48. The molecule has 5 nitrogen and oxygen atoms in total. The van der Waals surface area contributed by atoms with E-state index in [2.05, 4.69) is 10.2 Å². The van der Waals surface area contributed by atoms with Crippen molar-refractivity contribution in [1.82, 2.24) is 5.32 Å². The molecule has 0 spiro atoms. The van der Waals surface area contributed by atoms with E-state index in [1.807, 2.05) is 24.3 Å². The Kier molecular flexibility index (Phi) is 2.83. The lowest BCUT2D eigenvalue weighted by molar-refractivity contribution is 0.137. The number of aliphatic hydroxyl groups excluding tert-OH is 1. The predicted molar refractivity (Wildman–Crippen MR) is 66.5 cm³/mol. The number of benzene rings is 1. The number of cyclic esters (lactones) is 1.